The molecule has 4 heterocycles. The fourth-order valence-corrected chi connectivity index (χ4v) is 4.62. The molecule has 1 spiro atoms. The number of carbonyl (C=O) groups is 1. The molecular weight excluding hydrogens is 342 g/mol. The van der Waals surface area contributed by atoms with Gasteiger partial charge < -0.3 is 15.0 Å². The van der Waals surface area contributed by atoms with Crippen LogP contribution in [0, 0.1) is 5.41 Å². The molecular formula is C20H31N5O2. The maximum atomic E-state index is 11.8. The van der Waals surface area contributed by atoms with E-state index < -0.39 is 0 Å². The van der Waals surface area contributed by atoms with Crippen LogP contribution in [0.3, 0.4) is 0 Å². The highest BCUT2D eigenvalue weighted by Crippen LogP contribution is 2.39. The number of hydrogen-bond donors (Lipinski definition) is 1. The second-order valence-corrected chi connectivity index (χ2v) is 8.46. The molecule has 7 nitrogen and oxygen atoms in total. The van der Waals surface area contributed by atoms with Gasteiger partial charge in [0.05, 0.1) is 6.10 Å². The van der Waals surface area contributed by atoms with Crippen LogP contribution in [0.2, 0.25) is 0 Å². The van der Waals surface area contributed by atoms with E-state index in [4.69, 9.17) is 4.74 Å². The van der Waals surface area contributed by atoms with E-state index in [2.05, 4.69) is 20.2 Å². The first kappa shape index (κ1) is 18.6. The minimum atomic E-state index is 0.295. The highest BCUT2D eigenvalue weighted by atomic mass is 16.5. The van der Waals surface area contributed by atoms with Gasteiger partial charge in [0.15, 0.2) is 0 Å². The quantitative estimate of drug-likeness (QED) is 0.850. The van der Waals surface area contributed by atoms with Crippen molar-refractivity contribution < 1.29 is 9.53 Å². The van der Waals surface area contributed by atoms with Gasteiger partial charge in [0.1, 0.15) is 0 Å². The zero-order valence-corrected chi connectivity index (χ0v) is 16.3. The molecule has 0 saturated carbocycles. The van der Waals surface area contributed by atoms with Gasteiger partial charge >= 0.3 is 0 Å². The van der Waals surface area contributed by atoms with Crippen molar-refractivity contribution in [3.05, 3.63) is 18.0 Å². The molecule has 27 heavy (non-hydrogen) atoms. The van der Waals surface area contributed by atoms with Crippen molar-refractivity contribution in [3.8, 4) is 0 Å². The van der Waals surface area contributed by atoms with Gasteiger partial charge in [-0.3, -0.25) is 9.69 Å². The van der Waals surface area contributed by atoms with Crippen molar-refractivity contribution in [2.75, 3.05) is 45.2 Å². The van der Waals surface area contributed by atoms with Crippen molar-refractivity contribution in [1.29, 1.82) is 0 Å². The molecule has 1 amide bonds. The van der Waals surface area contributed by atoms with Gasteiger partial charge in [-0.2, -0.15) is 0 Å². The van der Waals surface area contributed by atoms with Crippen LogP contribution in [-0.4, -0.2) is 71.6 Å². The highest BCUT2D eigenvalue weighted by molar-refractivity contribution is 5.76. The fraction of sp³-hybridized carbons (Fsp3) is 0.750. The first-order valence-electron chi connectivity index (χ1n) is 10.2. The summed E-state index contributed by atoms with van der Waals surface area (Å²) in [5.74, 6) is 0.982. The first-order valence-corrected chi connectivity index (χ1v) is 10.2. The number of nitrogens with one attached hydrogen (secondary N) is 1. The molecule has 1 aromatic rings. The molecule has 7 heteroatoms. The molecule has 3 aliphatic rings. The monoisotopic (exact) mass is 373 g/mol. The molecule has 4 rings (SSSR count). The molecule has 0 aromatic carbocycles. The fourth-order valence-electron chi connectivity index (χ4n) is 4.62. The summed E-state index contributed by atoms with van der Waals surface area (Å²) in [5, 5.41) is 3.27. The van der Waals surface area contributed by atoms with Gasteiger partial charge in [0, 0.05) is 57.7 Å². The van der Waals surface area contributed by atoms with Crippen LogP contribution < -0.4 is 5.32 Å². The zero-order chi connectivity index (χ0) is 18.7. The summed E-state index contributed by atoms with van der Waals surface area (Å²) in [7, 11) is 1.95. The molecule has 1 aromatic heterocycles. The molecule has 1 N–H and O–H groups in total. The van der Waals surface area contributed by atoms with Crippen LogP contribution in [0.4, 0.5) is 5.95 Å². The summed E-state index contributed by atoms with van der Waals surface area (Å²) in [6.45, 7) is 5.65. The van der Waals surface area contributed by atoms with Gasteiger partial charge in [-0.15, -0.1) is 0 Å². The molecule has 0 bridgehead atoms. The molecule has 0 aliphatic carbocycles. The van der Waals surface area contributed by atoms with Gasteiger partial charge in [0.25, 0.3) is 0 Å². The summed E-state index contributed by atoms with van der Waals surface area (Å²) in [6.07, 6.45) is 10.5. The standard InChI is InChI=1S/C20H31N5O2/c1-24-15-20(5-4-18(24)26)6-8-25(9-7-20)14-16-11-21-19(22-12-16)23-13-17-3-2-10-27-17/h11-12,17H,2-10,13-15H2,1H3,(H,21,22,23)/t17-/m0/s1. The molecule has 3 aliphatic heterocycles. The van der Waals surface area contributed by atoms with Gasteiger partial charge in [-0.05, 0) is 50.6 Å². The van der Waals surface area contributed by atoms with Gasteiger partial charge in [0.2, 0.25) is 11.9 Å². The third-order valence-electron chi connectivity index (χ3n) is 6.41. The molecule has 3 fully saturated rings. The van der Waals surface area contributed by atoms with E-state index in [9.17, 15) is 4.79 Å². The van der Waals surface area contributed by atoms with Crippen molar-refractivity contribution in [1.82, 2.24) is 19.8 Å². The Bertz CT molecular complexity index is 636. The number of ether oxygens (including phenoxy) is 1. The lowest BCUT2D eigenvalue weighted by atomic mass is 9.72. The van der Waals surface area contributed by atoms with Crippen molar-refractivity contribution >= 4 is 11.9 Å². The normalized spacial score (nSPS) is 25.9. The Balaban J connectivity index is 1.23. The van der Waals surface area contributed by atoms with Crippen LogP contribution in [0.15, 0.2) is 12.4 Å². The summed E-state index contributed by atoms with van der Waals surface area (Å²) in [5.41, 5.74) is 1.50. The Labute approximate surface area is 161 Å². The van der Waals surface area contributed by atoms with E-state index in [1.54, 1.807) is 0 Å². The molecule has 1 atom stereocenters. The number of rotatable bonds is 5. The van der Waals surface area contributed by atoms with E-state index in [1.807, 2.05) is 24.3 Å². The van der Waals surface area contributed by atoms with Crippen molar-refractivity contribution in [3.63, 3.8) is 0 Å². The maximum absolute atomic E-state index is 11.8. The Morgan fingerprint density at radius 1 is 1.26 bits per heavy atom. The van der Waals surface area contributed by atoms with Crippen LogP contribution >= 0.6 is 0 Å². The minimum Gasteiger partial charge on any atom is -0.376 e. The summed E-state index contributed by atoms with van der Waals surface area (Å²) >= 11 is 0. The SMILES string of the molecule is CN1CC2(CCC1=O)CCN(Cc1cnc(NC[C@@H]3CCCO3)nc1)CC2. The summed E-state index contributed by atoms with van der Waals surface area (Å²) in [4.78, 5) is 25.1. The number of amides is 1. The van der Waals surface area contributed by atoms with Gasteiger partial charge in [-0.25, -0.2) is 9.97 Å². The lowest BCUT2D eigenvalue weighted by Crippen LogP contribution is -2.50. The van der Waals surface area contributed by atoms with Crippen LogP contribution in [-0.2, 0) is 16.1 Å². The smallest absolute Gasteiger partial charge is 0.222 e. The molecule has 0 unspecified atom stereocenters. The summed E-state index contributed by atoms with van der Waals surface area (Å²) < 4.78 is 5.61. The van der Waals surface area contributed by atoms with E-state index in [-0.39, 0.29) is 0 Å². The number of carbonyl (C=O) groups excluding carboxylic acids is 1. The zero-order valence-electron chi connectivity index (χ0n) is 16.3. The molecule has 3 saturated heterocycles. The predicted molar refractivity (Wildman–Crippen MR) is 103 cm³/mol. The number of hydrogen-bond acceptors (Lipinski definition) is 6. The summed E-state index contributed by atoms with van der Waals surface area (Å²) in [6, 6.07) is 0. The Kier molecular flexibility index (Phi) is 5.59. The lowest BCUT2D eigenvalue weighted by molar-refractivity contribution is -0.137. The third-order valence-corrected chi connectivity index (χ3v) is 6.41. The van der Waals surface area contributed by atoms with E-state index in [0.29, 0.717) is 29.8 Å². The highest BCUT2D eigenvalue weighted by Gasteiger charge is 2.39. The first-order chi connectivity index (χ1) is 13.1. The van der Waals surface area contributed by atoms with E-state index in [1.165, 1.54) is 12.8 Å². The minimum absolute atomic E-state index is 0.295. The second kappa shape index (κ2) is 8.10. The van der Waals surface area contributed by atoms with Gasteiger partial charge in [-0.1, -0.05) is 0 Å². The Hall–Kier alpha value is -1.73. The van der Waals surface area contributed by atoms with Crippen LogP contribution in [0.5, 0.6) is 0 Å². The maximum Gasteiger partial charge on any atom is 0.222 e. The molecule has 148 valence electrons. The average Bonchev–Trinajstić information content (AvgIpc) is 3.20. The Morgan fingerprint density at radius 3 is 2.70 bits per heavy atom. The van der Waals surface area contributed by atoms with Crippen LogP contribution in [0.1, 0.15) is 44.1 Å². The predicted octanol–water partition coefficient (Wildman–Crippen LogP) is 1.90. The van der Waals surface area contributed by atoms with Crippen molar-refractivity contribution in [2.45, 2.75) is 51.2 Å². The second-order valence-electron chi connectivity index (χ2n) is 8.46. The number of piperidine rings is 2. The number of anilines is 1. The van der Waals surface area contributed by atoms with Crippen LogP contribution in [0.25, 0.3) is 0 Å². The third kappa shape index (κ3) is 4.58. The molecule has 0 radical (unpaired) electrons. The van der Waals surface area contributed by atoms with E-state index >= 15 is 0 Å². The number of nitrogens with zero attached hydrogens (tertiary/aromatic N) is 4. The topological polar surface area (TPSA) is 70.6 Å². The number of aromatic nitrogens is 2. The Morgan fingerprint density at radius 2 is 2.04 bits per heavy atom. The largest absolute Gasteiger partial charge is 0.376 e. The van der Waals surface area contributed by atoms with Crippen molar-refractivity contribution in [2.24, 2.45) is 5.41 Å². The number of likely N-dealkylation sites (tertiary alicyclic amines) is 2. The average molecular weight is 374 g/mol. The van der Waals surface area contributed by atoms with E-state index in [0.717, 1.165) is 64.2 Å². The lowest BCUT2D eigenvalue weighted by Gasteiger charge is -2.46.